The van der Waals surface area contributed by atoms with Crippen molar-refractivity contribution in [2.75, 3.05) is 7.05 Å². The number of benzene rings is 1. The molecule has 0 heterocycles. The van der Waals surface area contributed by atoms with E-state index in [2.05, 4.69) is 50.5 Å². The molecule has 100 valence electrons. The van der Waals surface area contributed by atoms with E-state index in [1.165, 1.54) is 43.2 Å². The Morgan fingerprint density at radius 1 is 1.33 bits per heavy atom. The van der Waals surface area contributed by atoms with Crippen molar-refractivity contribution in [3.05, 3.63) is 35.4 Å². The molecule has 3 atom stereocenters. The van der Waals surface area contributed by atoms with Crippen molar-refractivity contribution in [3.63, 3.8) is 0 Å². The number of hydrogen-bond acceptors (Lipinski definition) is 1. The molecule has 3 unspecified atom stereocenters. The molecule has 0 aromatic heterocycles. The first kappa shape index (κ1) is 13.6. The summed E-state index contributed by atoms with van der Waals surface area (Å²) < 4.78 is 0. The van der Waals surface area contributed by atoms with E-state index in [0.717, 1.165) is 11.8 Å². The van der Waals surface area contributed by atoms with Crippen LogP contribution < -0.4 is 5.32 Å². The minimum atomic E-state index is 0.541. The summed E-state index contributed by atoms with van der Waals surface area (Å²) in [5, 5.41) is 3.56. The molecule has 0 amide bonds. The maximum absolute atomic E-state index is 3.56. The van der Waals surface area contributed by atoms with Gasteiger partial charge < -0.3 is 5.32 Å². The summed E-state index contributed by atoms with van der Waals surface area (Å²) in [6.45, 7) is 4.53. The van der Waals surface area contributed by atoms with Crippen LogP contribution in [0.3, 0.4) is 0 Å². The smallest absolute Gasteiger partial charge is 0.0346 e. The van der Waals surface area contributed by atoms with Gasteiger partial charge in [-0.1, -0.05) is 56.0 Å². The fraction of sp³-hybridized carbons (Fsp3) is 0.647. The summed E-state index contributed by atoms with van der Waals surface area (Å²) in [6.07, 6.45) is 6.98. The lowest BCUT2D eigenvalue weighted by molar-refractivity contribution is 0.214. The van der Waals surface area contributed by atoms with Crippen LogP contribution in [0.5, 0.6) is 0 Å². The zero-order valence-corrected chi connectivity index (χ0v) is 12.1. The zero-order valence-electron chi connectivity index (χ0n) is 12.1. The zero-order chi connectivity index (χ0) is 13.0. The fourth-order valence-electron chi connectivity index (χ4n) is 3.54. The van der Waals surface area contributed by atoms with Crippen molar-refractivity contribution in [1.82, 2.24) is 5.32 Å². The highest BCUT2D eigenvalue weighted by Crippen LogP contribution is 2.38. The molecule has 0 spiro atoms. The molecule has 1 aromatic carbocycles. The van der Waals surface area contributed by atoms with E-state index in [0.29, 0.717) is 6.04 Å². The second kappa shape index (κ2) is 6.38. The van der Waals surface area contributed by atoms with E-state index < -0.39 is 0 Å². The molecule has 1 aromatic rings. The van der Waals surface area contributed by atoms with E-state index in [1.54, 1.807) is 0 Å². The second-order valence-electron chi connectivity index (χ2n) is 5.88. The Bertz CT molecular complexity index is 372. The molecule has 0 bridgehead atoms. The van der Waals surface area contributed by atoms with Gasteiger partial charge in [-0.05, 0) is 44.2 Å². The van der Waals surface area contributed by atoms with Crippen LogP contribution in [0.2, 0.25) is 0 Å². The summed E-state index contributed by atoms with van der Waals surface area (Å²) in [7, 11) is 2.11. The van der Waals surface area contributed by atoms with Crippen molar-refractivity contribution in [3.8, 4) is 0 Å². The summed E-state index contributed by atoms with van der Waals surface area (Å²) >= 11 is 0. The minimum Gasteiger partial charge on any atom is -0.313 e. The fourth-order valence-corrected chi connectivity index (χ4v) is 3.54. The Balaban J connectivity index is 2.12. The first-order chi connectivity index (χ1) is 8.74. The number of hydrogen-bond donors (Lipinski definition) is 1. The minimum absolute atomic E-state index is 0.541. The molecule has 0 aliphatic heterocycles. The molecule has 1 aliphatic carbocycles. The SMILES string of the molecule is CCC1CCCC(C(NC)c2cccc(C)c2)C1. The third-order valence-corrected chi connectivity index (χ3v) is 4.58. The van der Waals surface area contributed by atoms with E-state index in [-0.39, 0.29) is 0 Å². The lowest BCUT2D eigenvalue weighted by Gasteiger charge is -2.34. The molecular formula is C17H27N. The summed E-state index contributed by atoms with van der Waals surface area (Å²) in [5.74, 6) is 1.76. The van der Waals surface area contributed by atoms with E-state index in [9.17, 15) is 0 Å². The van der Waals surface area contributed by atoms with Crippen molar-refractivity contribution < 1.29 is 0 Å². The van der Waals surface area contributed by atoms with Gasteiger partial charge in [0.25, 0.3) is 0 Å². The highest BCUT2D eigenvalue weighted by molar-refractivity contribution is 5.25. The Morgan fingerprint density at radius 2 is 2.17 bits per heavy atom. The monoisotopic (exact) mass is 245 g/mol. The molecule has 1 N–H and O–H groups in total. The average molecular weight is 245 g/mol. The van der Waals surface area contributed by atoms with E-state index in [1.807, 2.05) is 0 Å². The maximum Gasteiger partial charge on any atom is 0.0346 e. The molecular weight excluding hydrogens is 218 g/mol. The van der Waals surface area contributed by atoms with Crippen LogP contribution in [-0.2, 0) is 0 Å². The van der Waals surface area contributed by atoms with Gasteiger partial charge in [-0.3, -0.25) is 0 Å². The van der Waals surface area contributed by atoms with Gasteiger partial charge in [0.1, 0.15) is 0 Å². The first-order valence-corrected chi connectivity index (χ1v) is 7.48. The Morgan fingerprint density at radius 3 is 2.83 bits per heavy atom. The van der Waals surface area contributed by atoms with Gasteiger partial charge in [0.05, 0.1) is 0 Å². The van der Waals surface area contributed by atoms with Gasteiger partial charge in [0, 0.05) is 6.04 Å². The quantitative estimate of drug-likeness (QED) is 0.825. The molecule has 1 fully saturated rings. The van der Waals surface area contributed by atoms with Crippen molar-refractivity contribution in [1.29, 1.82) is 0 Å². The van der Waals surface area contributed by atoms with Crippen molar-refractivity contribution in [2.45, 2.75) is 52.0 Å². The maximum atomic E-state index is 3.56. The molecule has 0 saturated heterocycles. The highest BCUT2D eigenvalue weighted by Gasteiger charge is 2.27. The topological polar surface area (TPSA) is 12.0 Å². The number of aryl methyl sites for hydroxylation is 1. The number of rotatable bonds is 4. The molecule has 1 saturated carbocycles. The van der Waals surface area contributed by atoms with Crippen molar-refractivity contribution in [2.24, 2.45) is 11.8 Å². The van der Waals surface area contributed by atoms with Crippen LogP contribution in [0.15, 0.2) is 24.3 Å². The summed E-state index contributed by atoms with van der Waals surface area (Å²) in [6, 6.07) is 9.54. The molecule has 2 rings (SSSR count). The van der Waals surface area contributed by atoms with Crippen LogP contribution >= 0.6 is 0 Å². The third kappa shape index (κ3) is 3.14. The molecule has 1 nitrogen and oxygen atoms in total. The lowest BCUT2D eigenvalue weighted by atomic mass is 9.75. The predicted octanol–water partition coefficient (Wildman–Crippen LogP) is 4.47. The van der Waals surface area contributed by atoms with Gasteiger partial charge in [-0.25, -0.2) is 0 Å². The van der Waals surface area contributed by atoms with E-state index >= 15 is 0 Å². The average Bonchev–Trinajstić information content (AvgIpc) is 2.40. The van der Waals surface area contributed by atoms with Crippen LogP contribution in [-0.4, -0.2) is 7.05 Å². The highest BCUT2D eigenvalue weighted by atomic mass is 14.9. The van der Waals surface area contributed by atoms with E-state index in [4.69, 9.17) is 0 Å². The lowest BCUT2D eigenvalue weighted by Crippen LogP contribution is -2.29. The molecule has 1 aliphatic rings. The van der Waals surface area contributed by atoms with Crippen LogP contribution in [0.25, 0.3) is 0 Å². The van der Waals surface area contributed by atoms with Gasteiger partial charge in [-0.15, -0.1) is 0 Å². The number of nitrogens with one attached hydrogen (secondary N) is 1. The molecule has 1 heteroatoms. The second-order valence-corrected chi connectivity index (χ2v) is 5.88. The first-order valence-electron chi connectivity index (χ1n) is 7.48. The summed E-state index contributed by atoms with van der Waals surface area (Å²) in [5.41, 5.74) is 2.84. The standard InChI is InChI=1S/C17H27N/c1-4-14-8-6-10-16(12-14)17(18-3)15-9-5-7-13(2)11-15/h5,7,9,11,14,16-18H,4,6,8,10,12H2,1-3H3. The van der Waals surface area contributed by atoms with Crippen LogP contribution in [0, 0.1) is 18.8 Å². The largest absolute Gasteiger partial charge is 0.313 e. The Kier molecular flexibility index (Phi) is 4.82. The van der Waals surface area contributed by atoms with Gasteiger partial charge >= 0.3 is 0 Å². The van der Waals surface area contributed by atoms with Crippen LogP contribution in [0.1, 0.15) is 56.2 Å². The van der Waals surface area contributed by atoms with Crippen molar-refractivity contribution >= 4 is 0 Å². The van der Waals surface area contributed by atoms with Gasteiger partial charge in [0.2, 0.25) is 0 Å². The molecule has 18 heavy (non-hydrogen) atoms. The Hall–Kier alpha value is -0.820. The third-order valence-electron chi connectivity index (χ3n) is 4.58. The van der Waals surface area contributed by atoms with Crippen LogP contribution in [0.4, 0.5) is 0 Å². The normalized spacial score (nSPS) is 25.9. The summed E-state index contributed by atoms with van der Waals surface area (Å²) in [4.78, 5) is 0. The Labute approximate surface area is 112 Å². The van der Waals surface area contributed by atoms with Gasteiger partial charge in [0.15, 0.2) is 0 Å². The predicted molar refractivity (Wildman–Crippen MR) is 78.7 cm³/mol. The van der Waals surface area contributed by atoms with Gasteiger partial charge in [-0.2, -0.15) is 0 Å². The molecule has 0 radical (unpaired) electrons.